The number of anilines is 1. The second-order valence-electron chi connectivity index (χ2n) is 6.83. The van der Waals surface area contributed by atoms with Crippen LogP contribution in [0.15, 0.2) is 47.6 Å². The molecule has 2 amide bonds. The van der Waals surface area contributed by atoms with Crippen molar-refractivity contribution in [2.75, 3.05) is 23.9 Å². The molecule has 6 nitrogen and oxygen atoms in total. The van der Waals surface area contributed by atoms with E-state index in [9.17, 15) is 9.59 Å². The number of carbonyl (C=O) groups excluding carboxylic acids is 2. The highest BCUT2D eigenvalue weighted by Crippen LogP contribution is 2.29. The minimum Gasteiger partial charge on any atom is -0.497 e. The number of hydrogen-bond donors (Lipinski definition) is 2. The van der Waals surface area contributed by atoms with Crippen LogP contribution in [0, 0.1) is 6.92 Å². The molecule has 0 unspecified atom stereocenters. The highest BCUT2D eigenvalue weighted by atomic mass is 32.2. The Morgan fingerprint density at radius 2 is 1.86 bits per heavy atom. The smallest absolute Gasteiger partial charge is 0.250 e. The molecule has 0 radical (unpaired) electrons. The summed E-state index contributed by atoms with van der Waals surface area (Å²) in [6, 6.07) is 13.3. The van der Waals surface area contributed by atoms with Crippen LogP contribution in [0.1, 0.15) is 29.5 Å². The lowest BCUT2D eigenvalue weighted by atomic mass is 9.87. The largest absolute Gasteiger partial charge is 0.497 e. The van der Waals surface area contributed by atoms with Gasteiger partial charge in [0.25, 0.3) is 0 Å². The summed E-state index contributed by atoms with van der Waals surface area (Å²) in [6.07, 6.45) is 2.79. The number of hydrogen-bond acceptors (Lipinski definition) is 5. The maximum atomic E-state index is 12.1. The van der Waals surface area contributed by atoms with Gasteiger partial charge in [-0.1, -0.05) is 18.2 Å². The monoisotopic (exact) mass is 411 g/mol. The number of thioether (sulfide) groups is 1. The molecule has 0 spiro atoms. The maximum Gasteiger partial charge on any atom is 0.250 e. The zero-order valence-corrected chi connectivity index (χ0v) is 17.5. The van der Waals surface area contributed by atoms with Gasteiger partial charge in [-0.05, 0) is 61.6 Å². The van der Waals surface area contributed by atoms with E-state index in [1.54, 1.807) is 7.11 Å². The van der Waals surface area contributed by atoms with Crippen LogP contribution in [0.3, 0.4) is 0 Å². The van der Waals surface area contributed by atoms with Gasteiger partial charge in [-0.15, -0.1) is 11.8 Å². The van der Waals surface area contributed by atoms with E-state index in [-0.39, 0.29) is 23.3 Å². The van der Waals surface area contributed by atoms with Crippen molar-refractivity contribution in [1.29, 1.82) is 0 Å². The van der Waals surface area contributed by atoms with E-state index in [0.29, 0.717) is 0 Å². The lowest BCUT2D eigenvalue weighted by molar-refractivity contribution is -0.118. The van der Waals surface area contributed by atoms with Gasteiger partial charge in [0.2, 0.25) is 11.8 Å². The topological polar surface area (TPSA) is 79.8 Å². The van der Waals surface area contributed by atoms with E-state index in [0.717, 1.165) is 47.5 Å². The standard InChI is InChI=1S/C22H25N3O3S/c1-15-11-18(28-2)12-16-7-6-10-19(22(15)16)24-25-21(27)14-29-13-20(26)23-17-8-4-3-5-9-17/h3-5,8-9,11-12H,6-7,10,13-14H2,1-2H3,(H,23,26)(H,25,27). The Morgan fingerprint density at radius 1 is 1.10 bits per heavy atom. The predicted molar refractivity (Wildman–Crippen MR) is 118 cm³/mol. The molecule has 1 aliphatic carbocycles. The second kappa shape index (κ2) is 10.1. The molecule has 0 atom stereocenters. The molecule has 2 aromatic carbocycles. The molecule has 0 aliphatic heterocycles. The third-order valence-electron chi connectivity index (χ3n) is 4.61. The number of fused-ring (bicyclic) bond motifs is 1. The van der Waals surface area contributed by atoms with Crippen molar-refractivity contribution < 1.29 is 14.3 Å². The fraction of sp³-hybridized carbons (Fsp3) is 0.318. The van der Waals surface area contributed by atoms with E-state index >= 15 is 0 Å². The summed E-state index contributed by atoms with van der Waals surface area (Å²) in [7, 11) is 1.66. The van der Waals surface area contributed by atoms with Gasteiger partial charge in [0, 0.05) is 11.3 Å². The van der Waals surface area contributed by atoms with E-state index in [1.807, 2.05) is 49.4 Å². The van der Waals surface area contributed by atoms with Gasteiger partial charge in [-0.25, -0.2) is 5.43 Å². The molecule has 0 heterocycles. The number of nitrogens with one attached hydrogen (secondary N) is 2. The Hall–Kier alpha value is -2.80. The van der Waals surface area contributed by atoms with Crippen LogP contribution in [-0.2, 0) is 16.0 Å². The van der Waals surface area contributed by atoms with Gasteiger partial charge < -0.3 is 10.1 Å². The number of benzene rings is 2. The summed E-state index contributed by atoms with van der Waals surface area (Å²) in [6.45, 7) is 2.03. The quantitative estimate of drug-likeness (QED) is 0.683. The Kier molecular flexibility index (Phi) is 7.30. The van der Waals surface area contributed by atoms with E-state index < -0.39 is 0 Å². The first kappa shape index (κ1) is 20.9. The maximum absolute atomic E-state index is 12.1. The summed E-state index contributed by atoms with van der Waals surface area (Å²) in [5.41, 5.74) is 7.68. The predicted octanol–water partition coefficient (Wildman–Crippen LogP) is 3.53. The first-order valence-corrected chi connectivity index (χ1v) is 10.7. The Morgan fingerprint density at radius 3 is 2.62 bits per heavy atom. The average Bonchev–Trinajstić information content (AvgIpc) is 2.72. The first-order valence-electron chi connectivity index (χ1n) is 9.52. The fourth-order valence-corrected chi connectivity index (χ4v) is 3.96. The molecule has 0 fully saturated rings. The van der Waals surface area contributed by atoms with E-state index in [2.05, 4.69) is 15.8 Å². The normalized spacial score (nSPS) is 14.2. The van der Waals surface area contributed by atoms with Crippen LogP contribution in [0.4, 0.5) is 5.69 Å². The van der Waals surface area contributed by atoms with Gasteiger partial charge in [-0.2, -0.15) is 5.10 Å². The summed E-state index contributed by atoms with van der Waals surface area (Å²) >= 11 is 1.26. The first-order chi connectivity index (χ1) is 14.1. The van der Waals surface area contributed by atoms with Gasteiger partial charge in [0.1, 0.15) is 5.75 Å². The van der Waals surface area contributed by atoms with Crippen LogP contribution in [0.5, 0.6) is 5.75 Å². The fourth-order valence-electron chi connectivity index (χ4n) is 3.35. The number of hydrazone groups is 1. The number of rotatable bonds is 7. The second-order valence-corrected chi connectivity index (χ2v) is 7.82. The van der Waals surface area contributed by atoms with Gasteiger partial charge >= 0.3 is 0 Å². The van der Waals surface area contributed by atoms with Gasteiger partial charge in [0.15, 0.2) is 0 Å². The molecule has 152 valence electrons. The Labute approximate surface area is 175 Å². The van der Waals surface area contributed by atoms with Crippen LogP contribution in [0.2, 0.25) is 0 Å². The highest BCUT2D eigenvalue weighted by Gasteiger charge is 2.19. The molecule has 0 saturated heterocycles. The van der Waals surface area contributed by atoms with Gasteiger partial charge in [-0.3, -0.25) is 9.59 Å². The van der Waals surface area contributed by atoms with E-state index in [4.69, 9.17) is 4.74 Å². The number of amides is 2. The molecule has 0 aromatic heterocycles. The number of ether oxygens (including phenoxy) is 1. The molecule has 7 heteroatoms. The van der Waals surface area contributed by atoms with Crippen molar-refractivity contribution in [1.82, 2.24) is 5.43 Å². The summed E-state index contributed by atoms with van der Waals surface area (Å²) in [5, 5.41) is 7.17. The number of para-hydroxylation sites is 1. The lowest BCUT2D eigenvalue weighted by Crippen LogP contribution is -2.25. The SMILES string of the molecule is COc1cc(C)c2c(c1)CCCC2=NNC(=O)CSCC(=O)Nc1ccccc1. The number of nitrogens with zero attached hydrogens (tertiary/aromatic N) is 1. The van der Waals surface area contributed by atoms with Crippen LogP contribution >= 0.6 is 11.8 Å². The third kappa shape index (κ3) is 5.84. The van der Waals surface area contributed by atoms with Crippen LogP contribution in [0.25, 0.3) is 0 Å². The molecular formula is C22H25N3O3S. The van der Waals surface area contributed by atoms with E-state index in [1.165, 1.54) is 17.3 Å². The molecule has 1 aliphatic rings. The molecule has 29 heavy (non-hydrogen) atoms. The molecule has 0 bridgehead atoms. The zero-order chi connectivity index (χ0) is 20.6. The molecule has 2 aromatic rings. The molecule has 2 N–H and O–H groups in total. The minimum atomic E-state index is -0.215. The number of carbonyl (C=O) groups is 2. The van der Waals surface area contributed by atoms with Gasteiger partial charge in [0.05, 0.1) is 24.3 Å². The highest BCUT2D eigenvalue weighted by molar-refractivity contribution is 8.00. The van der Waals surface area contributed by atoms with Crippen molar-refractivity contribution in [2.45, 2.75) is 26.2 Å². The van der Waals surface area contributed by atoms with Crippen molar-refractivity contribution in [3.63, 3.8) is 0 Å². The third-order valence-corrected chi connectivity index (χ3v) is 5.55. The summed E-state index contributed by atoms with van der Waals surface area (Å²) in [5.74, 6) is 0.879. The van der Waals surface area contributed by atoms with Crippen molar-refractivity contribution in [3.8, 4) is 5.75 Å². The Balaban J connectivity index is 1.51. The van der Waals surface area contributed by atoms with Crippen molar-refractivity contribution in [3.05, 3.63) is 59.2 Å². The Bertz CT molecular complexity index is 913. The number of aryl methyl sites for hydroxylation is 2. The van der Waals surface area contributed by atoms with Crippen molar-refractivity contribution >= 4 is 35.0 Å². The lowest BCUT2D eigenvalue weighted by Gasteiger charge is -2.21. The average molecular weight is 412 g/mol. The van der Waals surface area contributed by atoms with Crippen LogP contribution in [-0.4, -0.2) is 36.1 Å². The minimum absolute atomic E-state index is 0.133. The molecular weight excluding hydrogens is 386 g/mol. The summed E-state index contributed by atoms with van der Waals surface area (Å²) in [4.78, 5) is 24.1. The number of methoxy groups -OCH3 is 1. The molecule has 0 saturated carbocycles. The van der Waals surface area contributed by atoms with Crippen LogP contribution < -0.4 is 15.5 Å². The summed E-state index contributed by atoms with van der Waals surface area (Å²) < 4.78 is 5.35. The van der Waals surface area contributed by atoms with Crippen molar-refractivity contribution in [2.24, 2.45) is 5.10 Å². The zero-order valence-electron chi connectivity index (χ0n) is 16.7. The molecule has 3 rings (SSSR count).